The molecule has 1 aromatic heterocycles. The van der Waals surface area contributed by atoms with Gasteiger partial charge in [0.05, 0.1) is 17.9 Å². The van der Waals surface area contributed by atoms with Crippen LogP contribution in [0, 0.1) is 6.07 Å². The zero-order valence-corrected chi connectivity index (χ0v) is 6.51. The summed E-state index contributed by atoms with van der Waals surface area (Å²) in [5, 5.41) is 0. The van der Waals surface area contributed by atoms with Crippen LogP contribution < -0.4 is 0 Å². The van der Waals surface area contributed by atoms with Crippen LogP contribution in [0.2, 0.25) is 0 Å². The van der Waals surface area contributed by atoms with Gasteiger partial charge in [0.15, 0.2) is 0 Å². The minimum atomic E-state index is 0.934. The Balaban J connectivity index is 2.46. The molecule has 0 atom stereocenters. The summed E-state index contributed by atoms with van der Waals surface area (Å²) < 4.78 is 8.02. The van der Waals surface area contributed by atoms with Crippen molar-refractivity contribution in [3.8, 4) is 11.3 Å². The summed E-state index contributed by atoms with van der Waals surface area (Å²) in [7, 11) is 0. The second-order valence-corrected chi connectivity index (χ2v) is 2.64. The molecule has 0 amide bonds. The van der Waals surface area contributed by atoms with E-state index in [4.69, 9.17) is 0 Å². The Kier molecular flexibility index (Phi) is 1.65. The molecular formula is C8H5N2S. The number of aromatic nitrogens is 2. The summed E-state index contributed by atoms with van der Waals surface area (Å²) in [4.78, 5) is 0. The van der Waals surface area contributed by atoms with Crippen LogP contribution >= 0.6 is 11.7 Å². The van der Waals surface area contributed by atoms with Crippen LogP contribution in [0.15, 0.2) is 30.5 Å². The molecule has 11 heavy (non-hydrogen) atoms. The zero-order chi connectivity index (χ0) is 7.52. The highest BCUT2D eigenvalue weighted by atomic mass is 32.1. The molecule has 0 fully saturated rings. The van der Waals surface area contributed by atoms with Gasteiger partial charge in [0.1, 0.15) is 5.69 Å². The lowest BCUT2D eigenvalue weighted by Gasteiger charge is -1.90. The van der Waals surface area contributed by atoms with Crippen LogP contribution in [-0.2, 0) is 0 Å². The fourth-order valence-electron chi connectivity index (χ4n) is 0.850. The normalized spacial score (nSPS) is 9.82. The Hall–Kier alpha value is -1.22. The van der Waals surface area contributed by atoms with Crippen LogP contribution in [0.3, 0.4) is 0 Å². The van der Waals surface area contributed by atoms with Crippen molar-refractivity contribution >= 4 is 11.7 Å². The molecule has 1 aromatic carbocycles. The number of rotatable bonds is 1. The summed E-state index contributed by atoms with van der Waals surface area (Å²) in [6, 6.07) is 10.6. The Labute approximate surface area is 68.9 Å². The van der Waals surface area contributed by atoms with Crippen molar-refractivity contribution in [1.82, 2.24) is 8.75 Å². The van der Waals surface area contributed by atoms with E-state index in [0.717, 1.165) is 11.3 Å². The van der Waals surface area contributed by atoms with E-state index in [1.807, 2.05) is 24.3 Å². The fourth-order valence-corrected chi connectivity index (χ4v) is 1.28. The van der Waals surface area contributed by atoms with Crippen LogP contribution in [-0.4, -0.2) is 8.75 Å². The van der Waals surface area contributed by atoms with Gasteiger partial charge in [-0.15, -0.1) is 0 Å². The SMILES string of the molecule is [c]1ccc(-c2cnsn2)cc1. The highest BCUT2D eigenvalue weighted by Gasteiger charge is 1.96. The van der Waals surface area contributed by atoms with Crippen LogP contribution in [0.1, 0.15) is 0 Å². The Morgan fingerprint density at radius 3 is 2.73 bits per heavy atom. The predicted molar refractivity (Wildman–Crippen MR) is 44.2 cm³/mol. The van der Waals surface area contributed by atoms with Crippen molar-refractivity contribution in [3.63, 3.8) is 0 Å². The third-order valence-electron chi connectivity index (χ3n) is 1.38. The molecule has 53 valence electrons. The van der Waals surface area contributed by atoms with Crippen LogP contribution in [0.5, 0.6) is 0 Å². The summed E-state index contributed by atoms with van der Waals surface area (Å²) in [5.74, 6) is 0. The van der Waals surface area contributed by atoms with Gasteiger partial charge in [0, 0.05) is 5.56 Å². The largest absolute Gasteiger partial charge is 0.181 e. The first-order valence-electron chi connectivity index (χ1n) is 3.21. The minimum Gasteiger partial charge on any atom is -0.181 e. The highest BCUT2D eigenvalue weighted by molar-refractivity contribution is 6.99. The van der Waals surface area contributed by atoms with Gasteiger partial charge in [-0.05, 0) is 6.07 Å². The molecule has 0 aliphatic heterocycles. The van der Waals surface area contributed by atoms with E-state index >= 15 is 0 Å². The van der Waals surface area contributed by atoms with E-state index in [0.29, 0.717) is 0 Å². The van der Waals surface area contributed by atoms with E-state index < -0.39 is 0 Å². The molecule has 1 heterocycles. The Bertz CT molecular complexity index is 315. The van der Waals surface area contributed by atoms with Crippen LogP contribution in [0.25, 0.3) is 11.3 Å². The van der Waals surface area contributed by atoms with Crippen molar-refractivity contribution < 1.29 is 0 Å². The predicted octanol–water partition coefficient (Wildman–Crippen LogP) is 2.01. The maximum absolute atomic E-state index is 4.10. The summed E-state index contributed by atoms with van der Waals surface area (Å²) in [6.45, 7) is 0. The van der Waals surface area contributed by atoms with Gasteiger partial charge in [0.2, 0.25) is 0 Å². The first-order chi connectivity index (χ1) is 5.47. The first-order valence-corrected chi connectivity index (χ1v) is 3.94. The van der Waals surface area contributed by atoms with Crippen molar-refractivity contribution in [2.24, 2.45) is 0 Å². The molecule has 2 rings (SSSR count). The second kappa shape index (κ2) is 2.80. The number of hydrogen-bond acceptors (Lipinski definition) is 3. The third kappa shape index (κ3) is 1.28. The Morgan fingerprint density at radius 1 is 1.27 bits per heavy atom. The molecule has 0 aliphatic rings. The quantitative estimate of drug-likeness (QED) is 0.639. The van der Waals surface area contributed by atoms with E-state index in [1.54, 1.807) is 6.20 Å². The van der Waals surface area contributed by atoms with Crippen molar-refractivity contribution in [1.29, 1.82) is 0 Å². The number of nitrogens with zero attached hydrogens (tertiary/aromatic N) is 2. The van der Waals surface area contributed by atoms with Gasteiger partial charge in [-0.3, -0.25) is 0 Å². The minimum absolute atomic E-state index is 0.934. The van der Waals surface area contributed by atoms with E-state index in [9.17, 15) is 0 Å². The zero-order valence-electron chi connectivity index (χ0n) is 5.69. The van der Waals surface area contributed by atoms with E-state index in [1.165, 1.54) is 11.7 Å². The monoisotopic (exact) mass is 161 g/mol. The molecule has 0 unspecified atom stereocenters. The molecule has 0 saturated carbocycles. The molecule has 0 saturated heterocycles. The fraction of sp³-hybridized carbons (Fsp3) is 0. The lowest BCUT2D eigenvalue weighted by Crippen LogP contribution is -1.73. The highest BCUT2D eigenvalue weighted by Crippen LogP contribution is 2.14. The lowest BCUT2D eigenvalue weighted by atomic mass is 10.2. The average molecular weight is 161 g/mol. The summed E-state index contributed by atoms with van der Waals surface area (Å²) in [6.07, 6.45) is 1.76. The molecule has 3 heteroatoms. The van der Waals surface area contributed by atoms with E-state index in [-0.39, 0.29) is 0 Å². The van der Waals surface area contributed by atoms with Crippen LogP contribution in [0.4, 0.5) is 0 Å². The average Bonchev–Trinajstić information content (AvgIpc) is 2.58. The molecule has 0 N–H and O–H groups in total. The molecule has 0 aliphatic carbocycles. The van der Waals surface area contributed by atoms with Gasteiger partial charge >= 0.3 is 0 Å². The van der Waals surface area contributed by atoms with Crippen molar-refractivity contribution in [2.45, 2.75) is 0 Å². The number of benzene rings is 1. The van der Waals surface area contributed by atoms with Gasteiger partial charge < -0.3 is 0 Å². The topological polar surface area (TPSA) is 25.8 Å². The number of hydrogen-bond donors (Lipinski definition) is 0. The molecule has 1 radical (unpaired) electrons. The summed E-state index contributed by atoms with van der Waals surface area (Å²) in [5.41, 5.74) is 2.03. The molecule has 2 aromatic rings. The van der Waals surface area contributed by atoms with Crippen molar-refractivity contribution in [2.75, 3.05) is 0 Å². The van der Waals surface area contributed by atoms with Crippen molar-refractivity contribution in [3.05, 3.63) is 36.5 Å². The van der Waals surface area contributed by atoms with Gasteiger partial charge in [-0.2, -0.15) is 8.75 Å². The van der Waals surface area contributed by atoms with Gasteiger partial charge in [-0.25, -0.2) is 0 Å². The molecular weight excluding hydrogens is 156 g/mol. The lowest BCUT2D eigenvalue weighted by molar-refractivity contribution is 1.49. The second-order valence-electron chi connectivity index (χ2n) is 2.08. The Morgan fingerprint density at radius 2 is 2.09 bits per heavy atom. The summed E-state index contributed by atoms with van der Waals surface area (Å²) >= 11 is 1.22. The van der Waals surface area contributed by atoms with Gasteiger partial charge in [0.25, 0.3) is 0 Å². The molecule has 2 nitrogen and oxygen atoms in total. The molecule has 0 bridgehead atoms. The maximum atomic E-state index is 4.10. The first kappa shape index (κ1) is 6.49. The third-order valence-corrected chi connectivity index (χ3v) is 1.85. The standard InChI is InChI=1S/C8H5N2S/c1-2-4-7(5-3-1)8-6-9-11-10-8/h2-6H. The molecule has 0 spiro atoms. The maximum Gasteiger partial charge on any atom is 0.104 e. The smallest absolute Gasteiger partial charge is 0.104 e. The van der Waals surface area contributed by atoms with Gasteiger partial charge in [-0.1, -0.05) is 24.3 Å². The van der Waals surface area contributed by atoms with E-state index in [2.05, 4.69) is 14.8 Å².